The molecule has 0 aliphatic carbocycles. The van der Waals surface area contributed by atoms with Gasteiger partial charge in [0.25, 0.3) is 0 Å². The van der Waals surface area contributed by atoms with Crippen molar-refractivity contribution in [3.8, 4) is 0 Å². The predicted octanol–water partition coefficient (Wildman–Crippen LogP) is 1.49. The van der Waals surface area contributed by atoms with Crippen molar-refractivity contribution in [2.75, 3.05) is 18.0 Å². The lowest BCUT2D eigenvalue weighted by Crippen LogP contribution is -2.09. The van der Waals surface area contributed by atoms with E-state index in [1.807, 2.05) is 11.4 Å². The van der Waals surface area contributed by atoms with E-state index in [4.69, 9.17) is 17.2 Å². The first kappa shape index (κ1) is 12.2. The second-order valence-corrected chi connectivity index (χ2v) is 5.35. The van der Waals surface area contributed by atoms with Gasteiger partial charge in [0.15, 0.2) is 5.16 Å². The van der Waals surface area contributed by atoms with Gasteiger partial charge in [0.05, 0.1) is 5.25 Å². The number of nitrogens with two attached hydrogens (primary N) is 3. The highest BCUT2D eigenvalue weighted by Gasteiger charge is 2.14. The Balaban J connectivity index is 2.18. The number of aromatic nitrogens is 2. The van der Waals surface area contributed by atoms with Gasteiger partial charge in [-0.3, -0.25) is 0 Å². The van der Waals surface area contributed by atoms with E-state index >= 15 is 0 Å². The lowest BCUT2D eigenvalue weighted by molar-refractivity contribution is 0.918. The summed E-state index contributed by atoms with van der Waals surface area (Å²) in [5.41, 5.74) is 18.2. The Kier molecular flexibility index (Phi) is 3.82. The van der Waals surface area contributed by atoms with Crippen LogP contribution in [-0.2, 0) is 0 Å². The van der Waals surface area contributed by atoms with Crippen LogP contribution in [-0.4, -0.2) is 16.5 Å². The van der Waals surface area contributed by atoms with Gasteiger partial charge in [-0.05, 0) is 22.4 Å². The first-order valence-corrected chi connectivity index (χ1v) is 6.80. The average Bonchev–Trinajstić information content (AvgIpc) is 2.77. The first-order chi connectivity index (χ1) is 8.19. The van der Waals surface area contributed by atoms with Crippen LogP contribution in [0.4, 0.5) is 11.6 Å². The lowest BCUT2D eigenvalue weighted by Gasteiger charge is -2.12. The third-order valence-electron chi connectivity index (χ3n) is 2.12. The smallest absolute Gasteiger partial charge is 0.192 e. The number of rotatable bonds is 4. The molecule has 0 fully saturated rings. The summed E-state index contributed by atoms with van der Waals surface area (Å²) in [7, 11) is 0. The van der Waals surface area contributed by atoms with Gasteiger partial charge in [-0.2, -0.15) is 11.3 Å². The minimum Gasteiger partial charge on any atom is -0.383 e. The van der Waals surface area contributed by atoms with Gasteiger partial charge in [0.2, 0.25) is 0 Å². The van der Waals surface area contributed by atoms with Gasteiger partial charge in [-0.15, -0.1) is 0 Å². The number of nitrogens with zero attached hydrogens (tertiary/aromatic N) is 2. The molecule has 0 amide bonds. The van der Waals surface area contributed by atoms with E-state index in [0.717, 1.165) is 0 Å². The van der Waals surface area contributed by atoms with Crippen molar-refractivity contribution < 1.29 is 0 Å². The topological polar surface area (TPSA) is 104 Å². The Morgan fingerprint density at radius 1 is 1.29 bits per heavy atom. The van der Waals surface area contributed by atoms with Gasteiger partial charge in [-0.1, -0.05) is 11.8 Å². The van der Waals surface area contributed by atoms with Crippen LogP contribution in [0, 0.1) is 0 Å². The molecule has 1 atom stereocenters. The highest BCUT2D eigenvalue weighted by atomic mass is 32.2. The summed E-state index contributed by atoms with van der Waals surface area (Å²) in [6.07, 6.45) is 0. The normalized spacial score (nSPS) is 12.5. The van der Waals surface area contributed by atoms with Gasteiger partial charge >= 0.3 is 0 Å². The summed E-state index contributed by atoms with van der Waals surface area (Å²) in [5.74, 6) is 0.752. The molecular weight excluding hydrogens is 254 g/mol. The van der Waals surface area contributed by atoms with E-state index in [1.54, 1.807) is 11.3 Å². The Bertz CT molecular complexity index is 465. The third-order valence-corrected chi connectivity index (χ3v) is 3.97. The highest BCUT2D eigenvalue weighted by Crippen LogP contribution is 2.33. The standard InChI is InChI=1S/C10H13N5S2/c11-4-7(6-1-2-16-5-6)17-10-14-8(12)3-9(13)15-10/h1-3,5,7H,4,11H2,(H4,12,13,14,15). The second-order valence-electron chi connectivity index (χ2n) is 3.40. The number of thiophene rings is 1. The second kappa shape index (κ2) is 5.35. The molecule has 0 spiro atoms. The molecule has 0 saturated heterocycles. The third kappa shape index (κ3) is 3.09. The van der Waals surface area contributed by atoms with Crippen molar-refractivity contribution in [1.29, 1.82) is 0 Å². The molecule has 0 aromatic carbocycles. The van der Waals surface area contributed by atoms with E-state index in [2.05, 4.69) is 15.3 Å². The van der Waals surface area contributed by atoms with Gasteiger partial charge in [-0.25, -0.2) is 9.97 Å². The molecule has 2 rings (SSSR count). The minimum absolute atomic E-state index is 0.127. The maximum atomic E-state index is 5.75. The molecule has 6 N–H and O–H groups in total. The van der Waals surface area contributed by atoms with E-state index in [0.29, 0.717) is 23.3 Å². The molecule has 5 nitrogen and oxygen atoms in total. The number of hydrogen-bond donors (Lipinski definition) is 3. The summed E-state index contributed by atoms with van der Waals surface area (Å²) in [5, 5.41) is 4.78. The van der Waals surface area contributed by atoms with Crippen LogP contribution in [0.3, 0.4) is 0 Å². The number of anilines is 2. The minimum atomic E-state index is 0.127. The molecule has 1 unspecified atom stereocenters. The molecule has 90 valence electrons. The number of thioether (sulfide) groups is 1. The average molecular weight is 267 g/mol. The van der Waals surface area contributed by atoms with Gasteiger partial charge < -0.3 is 17.2 Å². The molecule has 17 heavy (non-hydrogen) atoms. The van der Waals surface area contributed by atoms with Crippen LogP contribution in [0.15, 0.2) is 28.0 Å². The fraction of sp³-hybridized carbons (Fsp3) is 0.200. The van der Waals surface area contributed by atoms with Crippen LogP contribution in [0.1, 0.15) is 10.8 Å². The van der Waals surface area contributed by atoms with E-state index < -0.39 is 0 Å². The summed E-state index contributed by atoms with van der Waals surface area (Å²) in [6, 6.07) is 3.58. The zero-order valence-corrected chi connectivity index (χ0v) is 10.7. The van der Waals surface area contributed by atoms with Crippen LogP contribution in [0.2, 0.25) is 0 Å². The summed E-state index contributed by atoms with van der Waals surface area (Å²) >= 11 is 3.12. The number of nitrogen functional groups attached to an aromatic ring is 2. The van der Waals surface area contributed by atoms with E-state index in [9.17, 15) is 0 Å². The van der Waals surface area contributed by atoms with Gasteiger partial charge in [0, 0.05) is 12.6 Å². The molecule has 0 aliphatic heterocycles. The molecule has 0 aliphatic rings. The molecule has 0 bridgehead atoms. The molecule has 2 aromatic rings. The quantitative estimate of drug-likeness (QED) is 0.573. The molecule has 0 saturated carbocycles. The number of hydrogen-bond acceptors (Lipinski definition) is 7. The monoisotopic (exact) mass is 267 g/mol. The van der Waals surface area contributed by atoms with Crippen molar-refractivity contribution in [3.05, 3.63) is 28.5 Å². The van der Waals surface area contributed by atoms with E-state index in [-0.39, 0.29) is 5.25 Å². The van der Waals surface area contributed by atoms with Crippen molar-refractivity contribution in [2.45, 2.75) is 10.4 Å². The van der Waals surface area contributed by atoms with Crippen LogP contribution in [0.25, 0.3) is 0 Å². The SMILES string of the molecule is NCC(Sc1nc(N)cc(N)n1)c1ccsc1. The molecule has 0 radical (unpaired) electrons. The Hall–Kier alpha value is -1.31. The Labute approximate surface area is 107 Å². The Morgan fingerprint density at radius 3 is 2.53 bits per heavy atom. The summed E-state index contributed by atoms with van der Waals surface area (Å²) < 4.78 is 0. The fourth-order valence-corrected chi connectivity index (χ4v) is 3.10. The van der Waals surface area contributed by atoms with Crippen molar-refractivity contribution in [2.24, 2.45) is 5.73 Å². The van der Waals surface area contributed by atoms with Crippen LogP contribution >= 0.6 is 23.1 Å². The first-order valence-electron chi connectivity index (χ1n) is 4.98. The molecule has 2 heterocycles. The van der Waals surface area contributed by atoms with Gasteiger partial charge in [0.1, 0.15) is 11.6 Å². The van der Waals surface area contributed by atoms with Crippen molar-refractivity contribution in [1.82, 2.24) is 9.97 Å². The molecule has 7 heteroatoms. The maximum Gasteiger partial charge on any atom is 0.192 e. The summed E-state index contributed by atoms with van der Waals surface area (Å²) in [6.45, 7) is 0.513. The lowest BCUT2D eigenvalue weighted by atomic mass is 10.2. The Morgan fingerprint density at radius 2 is 2.00 bits per heavy atom. The zero-order valence-electron chi connectivity index (χ0n) is 9.04. The van der Waals surface area contributed by atoms with E-state index in [1.165, 1.54) is 23.4 Å². The zero-order chi connectivity index (χ0) is 12.3. The predicted molar refractivity (Wildman–Crippen MR) is 72.8 cm³/mol. The molecular formula is C10H13N5S2. The van der Waals surface area contributed by atoms with Crippen molar-refractivity contribution in [3.63, 3.8) is 0 Å². The summed E-state index contributed by atoms with van der Waals surface area (Å²) in [4.78, 5) is 8.26. The highest BCUT2D eigenvalue weighted by molar-refractivity contribution is 7.99. The largest absolute Gasteiger partial charge is 0.383 e. The van der Waals surface area contributed by atoms with Crippen LogP contribution < -0.4 is 17.2 Å². The fourth-order valence-electron chi connectivity index (χ4n) is 1.35. The molecule has 2 aromatic heterocycles. The van der Waals surface area contributed by atoms with Crippen molar-refractivity contribution >= 4 is 34.7 Å². The van der Waals surface area contributed by atoms with Crippen LogP contribution in [0.5, 0.6) is 0 Å². The maximum absolute atomic E-state index is 5.75.